The van der Waals surface area contributed by atoms with Gasteiger partial charge in [-0.3, -0.25) is 0 Å². The number of hydrogen-bond acceptors (Lipinski definition) is 3. The first kappa shape index (κ1) is 11.1. The molecule has 1 fully saturated rings. The Balaban J connectivity index is 2.05. The van der Waals surface area contributed by atoms with Gasteiger partial charge in [-0.1, -0.05) is 11.6 Å². The van der Waals surface area contributed by atoms with Crippen molar-refractivity contribution in [3.05, 3.63) is 35.0 Å². The van der Waals surface area contributed by atoms with Crippen molar-refractivity contribution in [2.24, 2.45) is 0 Å². The fraction of sp³-hybridized carbons (Fsp3) is 0.385. The maximum absolute atomic E-state index is 10.5. The average molecular weight is 253 g/mol. The fourth-order valence-corrected chi connectivity index (χ4v) is 2.38. The first-order chi connectivity index (χ1) is 8.17. The molecule has 1 aromatic heterocycles. The molecule has 0 unspecified atom stereocenters. The number of hydrogen-bond donors (Lipinski definition) is 1. The van der Waals surface area contributed by atoms with E-state index >= 15 is 0 Å². The summed E-state index contributed by atoms with van der Waals surface area (Å²) in [6.45, 7) is 1.13. The van der Waals surface area contributed by atoms with E-state index in [4.69, 9.17) is 20.8 Å². The molecule has 0 saturated carbocycles. The zero-order chi connectivity index (χ0) is 11.9. The van der Waals surface area contributed by atoms with Crippen LogP contribution in [-0.2, 0) is 10.3 Å². The highest BCUT2D eigenvalue weighted by molar-refractivity contribution is 6.31. The third-order valence-corrected chi connectivity index (χ3v) is 3.49. The molecule has 2 aromatic rings. The lowest BCUT2D eigenvalue weighted by atomic mass is 9.91. The molecule has 1 aliphatic heterocycles. The van der Waals surface area contributed by atoms with Crippen LogP contribution in [-0.4, -0.2) is 18.3 Å². The SMILES string of the molecule is OC1(c2cc3cc(Cl)ccc3o2)CCOCC1. The van der Waals surface area contributed by atoms with Gasteiger partial charge in [-0.05, 0) is 24.3 Å². The Labute approximate surface area is 104 Å². The van der Waals surface area contributed by atoms with Crippen LogP contribution in [0.1, 0.15) is 18.6 Å². The molecule has 4 heteroatoms. The standard InChI is InChI=1S/C13H13ClO3/c14-10-1-2-11-9(7-10)8-12(17-11)13(15)3-5-16-6-4-13/h1-2,7-8,15H,3-6H2. The Morgan fingerprint density at radius 1 is 1.18 bits per heavy atom. The zero-order valence-corrected chi connectivity index (χ0v) is 10.0. The first-order valence-corrected chi connectivity index (χ1v) is 6.05. The van der Waals surface area contributed by atoms with E-state index in [9.17, 15) is 5.11 Å². The van der Waals surface area contributed by atoms with Crippen molar-refractivity contribution in [1.29, 1.82) is 0 Å². The molecule has 0 aliphatic carbocycles. The van der Waals surface area contributed by atoms with E-state index in [1.54, 1.807) is 6.07 Å². The number of halogens is 1. The van der Waals surface area contributed by atoms with Gasteiger partial charge >= 0.3 is 0 Å². The van der Waals surface area contributed by atoms with Crippen molar-refractivity contribution >= 4 is 22.6 Å². The van der Waals surface area contributed by atoms with Gasteiger partial charge < -0.3 is 14.3 Å². The van der Waals surface area contributed by atoms with Crippen molar-refractivity contribution < 1.29 is 14.3 Å². The molecule has 90 valence electrons. The summed E-state index contributed by atoms with van der Waals surface area (Å²) in [5.41, 5.74) is -0.145. The quantitative estimate of drug-likeness (QED) is 0.848. The summed E-state index contributed by atoms with van der Waals surface area (Å²) in [4.78, 5) is 0. The number of aliphatic hydroxyl groups is 1. The summed E-state index contributed by atoms with van der Waals surface area (Å²) in [6, 6.07) is 7.31. The lowest BCUT2D eigenvalue weighted by Crippen LogP contribution is -2.32. The van der Waals surface area contributed by atoms with Crippen LogP contribution in [0.4, 0.5) is 0 Å². The molecule has 2 heterocycles. The number of benzene rings is 1. The molecule has 1 saturated heterocycles. The van der Waals surface area contributed by atoms with Crippen molar-refractivity contribution in [2.75, 3.05) is 13.2 Å². The smallest absolute Gasteiger partial charge is 0.137 e. The largest absolute Gasteiger partial charge is 0.458 e. The Morgan fingerprint density at radius 3 is 2.71 bits per heavy atom. The molecule has 0 amide bonds. The second kappa shape index (κ2) is 4.02. The summed E-state index contributed by atoms with van der Waals surface area (Å²) in [7, 11) is 0. The maximum atomic E-state index is 10.5. The third kappa shape index (κ3) is 1.95. The molecule has 3 nitrogen and oxygen atoms in total. The van der Waals surface area contributed by atoms with Gasteiger partial charge in [0.2, 0.25) is 0 Å². The minimum Gasteiger partial charge on any atom is -0.458 e. The van der Waals surface area contributed by atoms with Gasteiger partial charge in [-0.2, -0.15) is 0 Å². The molecule has 1 N–H and O–H groups in total. The van der Waals surface area contributed by atoms with Crippen LogP contribution >= 0.6 is 11.6 Å². The van der Waals surface area contributed by atoms with Gasteiger partial charge in [0.05, 0.1) is 0 Å². The zero-order valence-electron chi connectivity index (χ0n) is 9.28. The predicted octanol–water partition coefficient (Wildman–Crippen LogP) is 3.08. The number of ether oxygens (including phenoxy) is 1. The molecule has 0 radical (unpaired) electrons. The lowest BCUT2D eigenvalue weighted by Gasteiger charge is -2.29. The molecule has 0 bridgehead atoms. The van der Waals surface area contributed by atoms with Gasteiger partial charge in [-0.25, -0.2) is 0 Å². The van der Waals surface area contributed by atoms with E-state index in [2.05, 4.69) is 0 Å². The van der Waals surface area contributed by atoms with Crippen molar-refractivity contribution in [3.63, 3.8) is 0 Å². The van der Waals surface area contributed by atoms with Crippen LogP contribution in [0.3, 0.4) is 0 Å². The molecular weight excluding hydrogens is 240 g/mol. The van der Waals surface area contributed by atoms with Gasteiger partial charge in [0, 0.05) is 36.5 Å². The lowest BCUT2D eigenvalue weighted by molar-refractivity contribution is -0.0793. The molecule has 0 spiro atoms. The van der Waals surface area contributed by atoms with Crippen molar-refractivity contribution in [3.8, 4) is 0 Å². The van der Waals surface area contributed by atoms with Gasteiger partial charge in [0.25, 0.3) is 0 Å². The molecule has 0 atom stereocenters. The van der Waals surface area contributed by atoms with Crippen LogP contribution in [0.5, 0.6) is 0 Å². The highest BCUT2D eigenvalue weighted by atomic mass is 35.5. The fourth-order valence-electron chi connectivity index (χ4n) is 2.20. The normalized spacial score (nSPS) is 19.6. The molecule has 3 rings (SSSR count). The Kier molecular flexibility index (Phi) is 2.62. The van der Waals surface area contributed by atoms with Gasteiger partial charge in [-0.15, -0.1) is 0 Å². The molecule has 17 heavy (non-hydrogen) atoms. The summed E-state index contributed by atoms with van der Waals surface area (Å²) < 4.78 is 11.0. The molecular formula is C13H13ClO3. The van der Waals surface area contributed by atoms with E-state index in [1.807, 2.05) is 18.2 Å². The van der Waals surface area contributed by atoms with Crippen molar-refractivity contribution in [2.45, 2.75) is 18.4 Å². The van der Waals surface area contributed by atoms with E-state index in [1.165, 1.54) is 0 Å². The Hall–Kier alpha value is -1.03. The van der Waals surface area contributed by atoms with E-state index in [0.29, 0.717) is 36.8 Å². The second-order valence-electron chi connectivity index (χ2n) is 4.44. The Morgan fingerprint density at radius 2 is 1.94 bits per heavy atom. The van der Waals surface area contributed by atoms with Gasteiger partial charge in [0.1, 0.15) is 16.9 Å². The van der Waals surface area contributed by atoms with Crippen LogP contribution in [0.15, 0.2) is 28.7 Å². The van der Waals surface area contributed by atoms with Crippen LogP contribution < -0.4 is 0 Å². The second-order valence-corrected chi connectivity index (χ2v) is 4.87. The monoisotopic (exact) mass is 252 g/mol. The molecule has 1 aliphatic rings. The summed E-state index contributed by atoms with van der Waals surface area (Å²) in [5.74, 6) is 0.609. The summed E-state index contributed by atoms with van der Waals surface area (Å²) in [5, 5.41) is 12.1. The first-order valence-electron chi connectivity index (χ1n) is 5.67. The molecule has 1 aromatic carbocycles. The number of furan rings is 1. The maximum Gasteiger partial charge on any atom is 0.137 e. The predicted molar refractivity (Wildman–Crippen MR) is 65.2 cm³/mol. The number of fused-ring (bicyclic) bond motifs is 1. The van der Waals surface area contributed by atoms with Crippen LogP contribution in [0.25, 0.3) is 11.0 Å². The summed E-state index contributed by atoms with van der Waals surface area (Å²) in [6.07, 6.45) is 1.14. The topological polar surface area (TPSA) is 42.6 Å². The summed E-state index contributed by atoms with van der Waals surface area (Å²) >= 11 is 5.92. The highest BCUT2D eigenvalue weighted by Crippen LogP contribution is 2.35. The minimum atomic E-state index is -0.899. The van der Waals surface area contributed by atoms with Crippen LogP contribution in [0.2, 0.25) is 5.02 Å². The van der Waals surface area contributed by atoms with Gasteiger partial charge in [0.15, 0.2) is 0 Å². The van der Waals surface area contributed by atoms with E-state index in [-0.39, 0.29) is 0 Å². The van der Waals surface area contributed by atoms with E-state index in [0.717, 1.165) is 11.0 Å². The van der Waals surface area contributed by atoms with Crippen molar-refractivity contribution in [1.82, 2.24) is 0 Å². The number of rotatable bonds is 1. The Bertz CT molecular complexity index is 541. The highest BCUT2D eigenvalue weighted by Gasteiger charge is 2.35. The van der Waals surface area contributed by atoms with E-state index < -0.39 is 5.60 Å². The minimum absolute atomic E-state index is 0.564. The third-order valence-electron chi connectivity index (χ3n) is 3.26. The van der Waals surface area contributed by atoms with Crippen LogP contribution in [0, 0.1) is 0 Å². The average Bonchev–Trinajstić information content (AvgIpc) is 2.73.